The maximum absolute atomic E-state index is 11.9. The first-order valence-electron chi connectivity index (χ1n) is 9.77. The van der Waals surface area contributed by atoms with Gasteiger partial charge in [-0.2, -0.15) is 0 Å². The lowest BCUT2D eigenvalue weighted by Crippen LogP contribution is -2.26. The molecular formula is C23H29NO2S. The normalized spacial score (nSPS) is 20.7. The number of rotatable bonds is 3. The summed E-state index contributed by atoms with van der Waals surface area (Å²) >= 11 is 1.30. The summed E-state index contributed by atoms with van der Waals surface area (Å²) in [6.45, 7) is 10.2. The Bertz CT molecular complexity index is 855. The molecule has 144 valence electrons. The molecule has 1 aromatic heterocycles. The zero-order chi connectivity index (χ0) is 19.6. The molecule has 1 aliphatic heterocycles. The van der Waals surface area contributed by atoms with Crippen molar-refractivity contribution in [2.24, 2.45) is 11.3 Å². The lowest BCUT2D eigenvalue weighted by atomic mass is 9.82. The number of thiophene rings is 1. The topological polar surface area (TPSA) is 49.3 Å². The molecule has 2 aliphatic rings. The number of hydrogen-bond donors (Lipinski definition) is 2. The Morgan fingerprint density at radius 1 is 1.30 bits per heavy atom. The molecule has 1 unspecified atom stereocenters. The molecule has 0 fully saturated rings. The van der Waals surface area contributed by atoms with E-state index >= 15 is 0 Å². The van der Waals surface area contributed by atoms with Gasteiger partial charge in [0.25, 0.3) is 0 Å². The average Bonchev–Trinajstić information content (AvgIpc) is 3.05. The van der Waals surface area contributed by atoms with Gasteiger partial charge in [0.2, 0.25) is 0 Å². The zero-order valence-corrected chi connectivity index (χ0v) is 17.6. The Balaban J connectivity index is 2.07. The van der Waals surface area contributed by atoms with Crippen molar-refractivity contribution in [3.63, 3.8) is 0 Å². The Labute approximate surface area is 166 Å². The third-order valence-corrected chi connectivity index (χ3v) is 6.13. The third-order valence-electron chi connectivity index (χ3n) is 5.09. The third kappa shape index (κ3) is 4.91. The quantitative estimate of drug-likeness (QED) is 0.693. The fourth-order valence-corrected chi connectivity index (χ4v) is 4.50. The molecule has 0 bridgehead atoms. The van der Waals surface area contributed by atoms with Gasteiger partial charge in [-0.1, -0.05) is 24.8 Å². The first-order valence-corrected chi connectivity index (χ1v) is 10.6. The minimum absolute atomic E-state index is 0.103. The lowest BCUT2D eigenvalue weighted by Gasteiger charge is -2.27. The van der Waals surface area contributed by atoms with E-state index in [9.17, 15) is 9.90 Å². The van der Waals surface area contributed by atoms with Crippen LogP contribution in [0, 0.1) is 23.2 Å². The predicted molar refractivity (Wildman–Crippen MR) is 113 cm³/mol. The van der Waals surface area contributed by atoms with Crippen LogP contribution in [0.25, 0.3) is 5.57 Å². The van der Waals surface area contributed by atoms with Gasteiger partial charge in [-0.25, -0.2) is 4.79 Å². The van der Waals surface area contributed by atoms with E-state index < -0.39 is 5.97 Å². The van der Waals surface area contributed by atoms with E-state index in [0.29, 0.717) is 4.88 Å². The zero-order valence-electron chi connectivity index (χ0n) is 16.7. The van der Waals surface area contributed by atoms with Gasteiger partial charge in [0, 0.05) is 17.5 Å². The molecule has 1 aliphatic carbocycles. The number of aromatic carboxylic acids is 1. The van der Waals surface area contributed by atoms with E-state index in [2.05, 4.69) is 50.9 Å². The van der Waals surface area contributed by atoms with Crippen LogP contribution in [-0.2, 0) is 0 Å². The number of allylic oxidation sites excluding steroid dienone is 2. The van der Waals surface area contributed by atoms with E-state index in [0.717, 1.165) is 54.3 Å². The van der Waals surface area contributed by atoms with Gasteiger partial charge in [-0.3, -0.25) is 0 Å². The Morgan fingerprint density at radius 2 is 2.07 bits per heavy atom. The molecular weight excluding hydrogens is 354 g/mol. The van der Waals surface area contributed by atoms with Crippen LogP contribution in [0.2, 0.25) is 0 Å². The van der Waals surface area contributed by atoms with Crippen LogP contribution in [0.5, 0.6) is 0 Å². The minimum atomic E-state index is -0.859. The van der Waals surface area contributed by atoms with Crippen LogP contribution in [0.3, 0.4) is 0 Å². The highest BCUT2D eigenvalue weighted by Gasteiger charge is 2.25. The highest BCUT2D eigenvalue weighted by Crippen LogP contribution is 2.38. The van der Waals surface area contributed by atoms with Crippen molar-refractivity contribution in [2.45, 2.75) is 53.4 Å². The molecule has 1 atom stereocenters. The molecule has 0 spiro atoms. The summed E-state index contributed by atoms with van der Waals surface area (Å²) in [5.74, 6) is 6.30. The fraction of sp³-hybridized carbons (Fsp3) is 0.522. The fourth-order valence-electron chi connectivity index (χ4n) is 3.62. The Kier molecular flexibility index (Phi) is 5.93. The van der Waals surface area contributed by atoms with E-state index in [-0.39, 0.29) is 5.41 Å². The second kappa shape index (κ2) is 8.04. The number of nitrogens with one attached hydrogen (secondary N) is 1. The van der Waals surface area contributed by atoms with Crippen molar-refractivity contribution in [1.82, 2.24) is 5.32 Å². The van der Waals surface area contributed by atoms with Crippen molar-refractivity contribution in [3.05, 3.63) is 38.6 Å². The molecule has 0 saturated heterocycles. The SMILES string of the molecule is CC1CC=C(C2=C(c3cc(C#CC(C)(C)C)sc3C(=O)O)CNCC2)CC1. The first kappa shape index (κ1) is 19.9. The largest absolute Gasteiger partial charge is 0.477 e. The molecule has 3 nitrogen and oxygen atoms in total. The second-order valence-electron chi connectivity index (χ2n) is 8.65. The van der Waals surface area contributed by atoms with Gasteiger partial charge in [-0.15, -0.1) is 11.3 Å². The van der Waals surface area contributed by atoms with Gasteiger partial charge in [-0.05, 0) is 81.7 Å². The van der Waals surface area contributed by atoms with Crippen molar-refractivity contribution in [3.8, 4) is 11.8 Å². The summed E-state index contributed by atoms with van der Waals surface area (Å²) < 4.78 is 0. The molecule has 27 heavy (non-hydrogen) atoms. The molecule has 2 N–H and O–H groups in total. The van der Waals surface area contributed by atoms with Crippen molar-refractivity contribution >= 4 is 22.9 Å². The predicted octanol–water partition coefficient (Wildman–Crippen LogP) is 5.34. The van der Waals surface area contributed by atoms with Gasteiger partial charge in [0.15, 0.2) is 0 Å². The van der Waals surface area contributed by atoms with Crippen LogP contribution in [0.1, 0.15) is 73.5 Å². The van der Waals surface area contributed by atoms with Gasteiger partial charge in [0.05, 0.1) is 4.88 Å². The second-order valence-corrected chi connectivity index (χ2v) is 9.70. The molecule has 0 radical (unpaired) electrons. The summed E-state index contributed by atoms with van der Waals surface area (Å²) in [6.07, 6.45) is 6.78. The van der Waals surface area contributed by atoms with Gasteiger partial charge < -0.3 is 10.4 Å². The molecule has 0 saturated carbocycles. The van der Waals surface area contributed by atoms with Crippen LogP contribution in [0.4, 0.5) is 0 Å². The molecule has 2 heterocycles. The maximum atomic E-state index is 11.9. The Morgan fingerprint density at radius 3 is 2.70 bits per heavy atom. The maximum Gasteiger partial charge on any atom is 0.346 e. The van der Waals surface area contributed by atoms with Gasteiger partial charge in [0.1, 0.15) is 4.88 Å². The summed E-state index contributed by atoms with van der Waals surface area (Å²) in [4.78, 5) is 13.2. The van der Waals surface area contributed by atoms with E-state index in [4.69, 9.17) is 0 Å². The Hall–Kier alpha value is -1.83. The monoisotopic (exact) mass is 383 g/mol. The van der Waals surface area contributed by atoms with Crippen molar-refractivity contribution < 1.29 is 9.90 Å². The van der Waals surface area contributed by atoms with E-state index in [1.165, 1.54) is 28.9 Å². The minimum Gasteiger partial charge on any atom is -0.477 e. The highest BCUT2D eigenvalue weighted by molar-refractivity contribution is 7.14. The number of hydrogen-bond acceptors (Lipinski definition) is 3. The summed E-state index contributed by atoms with van der Waals surface area (Å²) in [5, 5.41) is 13.2. The van der Waals surface area contributed by atoms with Crippen LogP contribution in [-0.4, -0.2) is 24.2 Å². The van der Waals surface area contributed by atoms with E-state index in [1.807, 2.05) is 6.07 Å². The molecule has 0 amide bonds. The van der Waals surface area contributed by atoms with Crippen LogP contribution < -0.4 is 5.32 Å². The van der Waals surface area contributed by atoms with Crippen molar-refractivity contribution in [1.29, 1.82) is 0 Å². The van der Waals surface area contributed by atoms with Gasteiger partial charge >= 0.3 is 5.97 Å². The standard InChI is InChI=1S/C23H29NO2S/c1-15-5-7-16(8-6-15)18-10-12-24-14-20(18)19-13-17(9-11-23(2,3)4)27-21(19)22(25)26/h7,13,15,24H,5-6,8,10,12,14H2,1-4H3,(H,25,26). The highest BCUT2D eigenvalue weighted by atomic mass is 32.1. The summed E-state index contributed by atoms with van der Waals surface area (Å²) in [6, 6.07) is 1.99. The average molecular weight is 384 g/mol. The van der Waals surface area contributed by atoms with Crippen LogP contribution >= 0.6 is 11.3 Å². The number of carboxylic acid groups (broad SMARTS) is 1. The molecule has 3 rings (SSSR count). The molecule has 4 heteroatoms. The lowest BCUT2D eigenvalue weighted by molar-refractivity contribution is 0.0702. The van der Waals surface area contributed by atoms with E-state index in [1.54, 1.807) is 0 Å². The number of carbonyl (C=O) groups is 1. The van der Waals surface area contributed by atoms with Crippen molar-refractivity contribution in [2.75, 3.05) is 13.1 Å². The smallest absolute Gasteiger partial charge is 0.346 e. The molecule has 0 aromatic carbocycles. The summed E-state index contributed by atoms with van der Waals surface area (Å²) in [7, 11) is 0. The van der Waals surface area contributed by atoms with Crippen LogP contribution in [0.15, 0.2) is 23.3 Å². The summed E-state index contributed by atoms with van der Waals surface area (Å²) in [5.41, 5.74) is 4.69. The molecule has 1 aromatic rings. The first-order chi connectivity index (χ1) is 12.7. The number of carboxylic acids is 1.